The number of hydrogen-bond acceptors (Lipinski definition) is 0. The van der Waals surface area contributed by atoms with Crippen molar-refractivity contribution in [1.82, 2.24) is 0 Å². The van der Waals surface area contributed by atoms with Crippen LogP contribution < -0.4 is 0 Å². The summed E-state index contributed by atoms with van der Waals surface area (Å²) in [5, 5.41) is 4.75. The minimum Gasteiger partial charge on any atom is -0.118 e. The minimum atomic E-state index is 0. The zero-order valence-electron chi connectivity index (χ0n) is 8.57. The molecule has 0 aliphatic heterocycles. The van der Waals surface area contributed by atoms with Gasteiger partial charge in [0.25, 0.3) is 0 Å². The molecule has 0 saturated heterocycles. The largest absolute Gasteiger partial charge is 0.118 e. The van der Waals surface area contributed by atoms with Gasteiger partial charge in [-0.25, -0.2) is 0 Å². The van der Waals surface area contributed by atoms with Crippen molar-refractivity contribution >= 4 is 37.5 Å². The molecule has 3 aromatic carbocycles. The first-order valence-electron chi connectivity index (χ1n) is 4.84. The van der Waals surface area contributed by atoms with Crippen LogP contribution in [0.25, 0.3) is 21.5 Å². The zero-order chi connectivity index (χ0) is 10.3. The molecule has 0 spiro atoms. The summed E-state index contributed by atoms with van der Waals surface area (Å²) >= 11 is 3.66. The molecule has 3 rings (SSSR count). The fourth-order valence-corrected chi connectivity index (χ4v) is 2.55. The second-order valence-corrected chi connectivity index (χ2v) is 4.32. The summed E-state index contributed by atoms with van der Waals surface area (Å²) in [5.74, 6) is 0. The molecule has 2 heteroatoms. The van der Waals surface area contributed by atoms with E-state index in [4.69, 9.17) is 0 Å². The maximum Gasteiger partial charge on any atom is 0 e. The molecule has 0 saturated carbocycles. The van der Waals surface area contributed by atoms with Crippen LogP contribution in [0, 0.1) is 6.07 Å². The van der Waals surface area contributed by atoms with Crippen LogP contribution in [0.5, 0.6) is 0 Å². The maximum absolute atomic E-state index is 3.66. The van der Waals surface area contributed by atoms with Crippen molar-refractivity contribution in [3.63, 3.8) is 0 Å². The summed E-state index contributed by atoms with van der Waals surface area (Å²) in [6, 6.07) is 20.0. The summed E-state index contributed by atoms with van der Waals surface area (Å²) in [5.41, 5.74) is 0. The standard InChI is InChI=1S/C14H8Br.Y/c15-14-12-7-3-1-5-10(12)9-11-6-2-4-8-13(11)14;/h1-8H;/q-1;. The summed E-state index contributed by atoms with van der Waals surface area (Å²) in [6.07, 6.45) is 0. The zero-order valence-corrected chi connectivity index (χ0v) is 13.0. The molecular formula is C14H8BrY-. The van der Waals surface area contributed by atoms with Gasteiger partial charge in [0.1, 0.15) is 0 Å². The Morgan fingerprint density at radius 1 is 0.750 bits per heavy atom. The average molecular weight is 345 g/mol. The minimum absolute atomic E-state index is 0. The monoisotopic (exact) mass is 344 g/mol. The quantitative estimate of drug-likeness (QED) is 0.414. The van der Waals surface area contributed by atoms with E-state index in [1.807, 2.05) is 12.1 Å². The van der Waals surface area contributed by atoms with Crippen LogP contribution in [0.4, 0.5) is 0 Å². The van der Waals surface area contributed by atoms with Crippen molar-refractivity contribution in [2.45, 2.75) is 0 Å². The van der Waals surface area contributed by atoms with Crippen LogP contribution in [0.2, 0.25) is 0 Å². The molecule has 16 heavy (non-hydrogen) atoms. The van der Waals surface area contributed by atoms with E-state index in [2.05, 4.69) is 58.4 Å². The van der Waals surface area contributed by atoms with Crippen LogP contribution in [0.1, 0.15) is 0 Å². The Kier molecular flexibility index (Phi) is 3.78. The van der Waals surface area contributed by atoms with Gasteiger partial charge in [0.2, 0.25) is 0 Å². The van der Waals surface area contributed by atoms with Gasteiger partial charge < -0.3 is 0 Å². The molecule has 0 unspecified atom stereocenters. The molecule has 75 valence electrons. The van der Waals surface area contributed by atoms with Gasteiger partial charge in [-0.2, -0.15) is 0 Å². The van der Waals surface area contributed by atoms with Crippen LogP contribution in [0.15, 0.2) is 53.0 Å². The van der Waals surface area contributed by atoms with Gasteiger partial charge in [-0.3, -0.25) is 0 Å². The third-order valence-electron chi connectivity index (χ3n) is 2.60. The van der Waals surface area contributed by atoms with E-state index in [1.54, 1.807) is 0 Å². The molecule has 0 fully saturated rings. The van der Waals surface area contributed by atoms with Crippen molar-refractivity contribution in [3.05, 3.63) is 59.1 Å². The molecule has 0 heterocycles. The van der Waals surface area contributed by atoms with E-state index in [0.717, 1.165) is 15.2 Å². The molecule has 0 N–H and O–H groups in total. The number of rotatable bonds is 0. The number of benzene rings is 3. The Hall–Kier alpha value is -0.236. The third kappa shape index (κ3) is 1.97. The Labute approximate surface area is 128 Å². The fourth-order valence-electron chi connectivity index (χ4n) is 1.86. The van der Waals surface area contributed by atoms with Crippen molar-refractivity contribution in [2.75, 3.05) is 0 Å². The molecule has 0 nitrogen and oxygen atoms in total. The van der Waals surface area contributed by atoms with Crippen LogP contribution in [0.3, 0.4) is 0 Å². The first-order chi connectivity index (χ1) is 7.36. The topological polar surface area (TPSA) is 0 Å². The van der Waals surface area contributed by atoms with Crippen molar-refractivity contribution in [1.29, 1.82) is 0 Å². The van der Waals surface area contributed by atoms with E-state index < -0.39 is 0 Å². The Morgan fingerprint density at radius 2 is 1.19 bits per heavy atom. The fraction of sp³-hybridized carbons (Fsp3) is 0. The smallest absolute Gasteiger partial charge is 0 e. The van der Waals surface area contributed by atoms with E-state index >= 15 is 0 Å². The second-order valence-electron chi connectivity index (χ2n) is 3.53. The first-order valence-corrected chi connectivity index (χ1v) is 5.64. The van der Waals surface area contributed by atoms with E-state index in [9.17, 15) is 0 Å². The average Bonchev–Trinajstić information content (AvgIpc) is 2.30. The van der Waals surface area contributed by atoms with E-state index in [-0.39, 0.29) is 32.7 Å². The van der Waals surface area contributed by atoms with Crippen molar-refractivity contribution < 1.29 is 32.7 Å². The van der Waals surface area contributed by atoms with Crippen LogP contribution in [-0.4, -0.2) is 0 Å². The summed E-state index contributed by atoms with van der Waals surface area (Å²) in [4.78, 5) is 0. The Bertz CT molecular complexity index is 592. The van der Waals surface area contributed by atoms with Crippen molar-refractivity contribution in [2.24, 2.45) is 0 Å². The molecule has 0 aliphatic carbocycles. The summed E-state index contributed by atoms with van der Waals surface area (Å²) in [6.45, 7) is 0. The van der Waals surface area contributed by atoms with Gasteiger partial charge in [-0.1, -0.05) is 63.1 Å². The van der Waals surface area contributed by atoms with Gasteiger partial charge in [0.15, 0.2) is 0 Å². The van der Waals surface area contributed by atoms with E-state index in [1.165, 1.54) is 10.8 Å². The predicted octanol–water partition coefficient (Wildman–Crippen LogP) is 4.55. The third-order valence-corrected chi connectivity index (χ3v) is 3.45. The summed E-state index contributed by atoms with van der Waals surface area (Å²) < 4.78 is 1.16. The van der Waals surface area contributed by atoms with Gasteiger partial charge in [-0.05, 0) is 4.47 Å². The van der Waals surface area contributed by atoms with Gasteiger partial charge in [-0.15, -0.1) is 29.0 Å². The van der Waals surface area contributed by atoms with Crippen LogP contribution in [-0.2, 0) is 32.7 Å². The molecule has 0 atom stereocenters. The van der Waals surface area contributed by atoms with Gasteiger partial charge >= 0.3 is 0 Å². The number of halogens is 1. The Balaban J connectivity index is 0.000000963. The molecule has 0 aromatic heterocycles. The molecule has 1 radical (unpaired) electrons. The molecular weight excluding hydrogens is 337 g/mol. The van der Waals surface area contributed by atoms with Gasteiger partial charge in [0, 0.05) is 32.7 Å². The maximum atomic E-state index is 3.66. The Morgan fingerprint density at radius 3 is 1.69 bits per heavy atom. The summed E-state index contributed by atoms with van der Waals surface area (Å²) in [7, 11) is 0. The second kappa shape index (κ2) is 4.95. The van der Waals surface area contributed by atoms with Crippen molar-refractivity contribution in [3.8, 4) is 0 Å². The van der Waals surface area contributed by atoms with Crippen LogP contribution >= 0.6 is 15.9 Å². The molecule has 0 amide bonds. The number of fused-ring (bicyclic) bond motifs is 2. The molecule has 0 aliphatic rings. The number of hydrogen-bond donors (Lipinski definition) is 0. The molecule has 0 bridgehead atoms. The normalized spacial score (nSPS) is 10.3. The first kappa shape index (κ1) is 12.2. The van der Waals surface area contributed by atoms with Gasteiger partial charge in [0.05, 0.1) is 0 Å². The SMILES string of the molecule is Brc1c2ccccc2[c-]c2ccccc12.[Y]. The molecule has 3 aromatic rings. The van der Waals surface area contributed by atoms with E-state index in [0.29, 0.717) is 0 Å². The predicted molar refractivity (Wildman–Crippen MR) is 68.0 cm³/mol.